The van der Waals surface area contributed by atoms with Gasteiger partial charge in [0.25, 0.3) is 5.91 Å². The normalized spacial score (nSPS) is 10.4. The van der Waals surface area contributed by atoms with E-state index in [0.717, 1.165) is 11.3 Å². The van der Waals surface area contributed by atoms with Crippen molar-refractivity contribution in [3.05, 3.63) is 94.5 Å². The number of aryl methyl sites for hydroxylation is 3. The molecule has 3 N–H and O–H groups in total. The lowest BCUT2D eigenvalue weighted by Crippen LogP contribution is -2.23. The molecule has 0 radical (unpaired) electrons. The minimum Gasteiger partial charge on any atom is -0.376 e. The summed E-state index contributed by atoms with van der Waals surface area (Å²) in [6, 6.07) is 20.9. The Kier molecular flexibility index (Phi) is 6.86. The fourth-order valence-electron chi connectivity index (χ4n) is 2.93. The molecule has 3 aromatic rings. The van der Waals surface area contributed by atoms with Crippen LogP contribution in [0.4, 0.5) is 11.4 Å². The van der Waals surface area contributed by atoms with E-state index in [2.05, 4.69) is 22.9 Å². The van der Waals surface area contributed by atoms with Crippen molar-refractivity contribution in [3.8, 4) is 0 Å². The number of amides is 2. The van der Waals surface area contributed by atoms with Crippen molar-refractivity contribution in [2.45, 2.75) is 27.3 Å². The van der Waals surface area contributed by atoms with Gasteiger partial charge in [0, 0.05) is 23.5 Å². The third-order valence-corrected chi connectivity index (χ3v) is 4.96. The van der Waals surface area contributed by atoms with Crippen LogP contribution in [0.2, 0.25) is 0 Å². The second-order valence-electron chi connectivity index (χ2n) is 7.45. The van der Waals surface area contributed by atoms with Crippen LogP contribution in [0, 0.1) is 20.8 Å². The maximum absolute atomic E-state index is 12.3. The summed E-state index contributed by atoms with van der Waals surface area (Å²) in [5.41, 5.74) is 6.74. The van der Waals surface area contributed by atoms with Crippen molar-refractivity contribution in [2.75, 3.05) is 17.2 Å². The smallest absolute Gasteiger partial charge is 0.251 e. The lowest BCUT2D eigenvalue weighted by Gasteiger charge is -2.10. The van der Waals surface area contributed by atoms with Crippen LogP contribution in [0.3, 0.4) is 0 Å². The number of anilines is 2. The van der Waals surface area contributed by atoms with Gasteiger partial charge in [0.15, 0.2) is 0 Å². The van der Waals surface area contributed by atoms with Gasteiger partial charge in [-0.25, -0.2) is 0 Å². The summed E-state index contributed by atoms with van der Waals surface area (Å²) in [6.45, 7) is 6.77. The molecule has 0 fully saturated rings. The molecular weight excluding hydrogens is 374 g/mol. The molecular formula is C25H27N3O2. The Morgan fingerprint density at radius 1 is 0.767 bits per heavy atom. The molecule has 0 heterocycles. The summed E-state index contributed by atoms with van der Waals surface area (Å²) in [4.78, 5) is 24.5. The highest BCUT2D eigenvalue weighted by atomic mass is 16.2. The lowest BCUT2D eigenvalue weighted by molar-refractivity contribution is -0.114. The third kappa shape index (κ3) is 5.95. The van der Waals surface area contributed by atoms with E-state index in [9.17, 15) is 9.59 Å². The zero-order valence-electron chi connectivity index (χ0n) is 17.6. The van der Waals surface area contributed by atoms with Gasteiger partial charge in [0.05, 0.1) is 6.54 Å². The van der Waals surface area contributed by atoms with Crippen molar-refractivity contribution >= 4 is 23.2 Å². The zero-order valence-corrected chi connectivity index (χ0v) is 17.6. The quantitative estimate of drug-likeness (QED) is 0.542. The van der Waals surface area contributed by atoms with Crippen molar-refractivity contribution < 1.29 is 9.59 Å². The standard InChI is InChI=1S/C25H27N3O2/c1-17-4-7-20(8-5-17)15-27-25(30)21-9-12-22(13-10-21)28-24(29)16-26-23-11-6-18(2)19(3)14-23/h4-14,26H,15-16H2,1-3H3,(H,27,30)(H,28,29). The highest BCUT2D eigenvalue weighted by Crippen LogP contribution is 2.14. The highest BCUT2D eigenvalue weighted by molar-refractivity contribution is 5.96. The molecule has 5 nitrogen and oxygen atoms in total. The minimum absolute atomic E-state index is 0.148. The molecule has 3 rings (SSSR count). The van der Waals surface area contributed by atoms with Crippen LogP contribution in [-0.2, 0) is 11.3 Å². The van der Waals surface area contributed by atoms with E-state index in [1.807, 2.05) is 56.3 Å². The molecule has 0 unspecified atom stereocenters. The van der Waals surface area contributed by atoms with Gasteiger partial charge in [0.1, 0.15) is 0 Å². The molecule has 0 bridgehead atoms. The summed E-state index contributed by atoms with van der Waals surface area (Å²) in [7, 11) is 0. The number of nitrogens with one attached hydrogen (secondary N) is 3. The van der Waals surface area contributed by atoms with Gasteiger partial charge in [0.2, 0.25) is 5.91 Å². The zero-order chi connectivity index (χ0) is 21.5. The molecule has 2 amide bonds. The van der Waals surface area contributed by atoms with Gasteiger partial charge in [-0.3, -0.25) is 9.59 Å². The van der Waals surface area contributed by atoms with E-state index in [0.29, 0.717) is 17.8 Å². The first kappa shape index (κ1) is 21.1. The molecule has 0 saturated heterocycles. The fourth-order valence-corrected chi connectivity index (χ4v) is 2.93. The molecule has 5 heteroatoms. The van der Waals surface area contributed by atoms with Gasteiger partial charge in [-0.2, -0.15) is 0 Å². The van der Waals surface area contributed by atoms with Crippen LogP contribution in [-0.4, -0.2) is 18.4 Å². The van der Waals surface area contributed by atoms with Crippen molar-refractivity contribution in [3.63, 3.8) is 0 Å². The van der Waals surface area contributed by atoms with E-state index in [1.165, 1.54) is 16.7 Å². The number of benzene rings is 3. The molecule has 0 aliphatic rings. The minimum atomic E-state index is -0.148. The van der Waals surface area contributed by atoms with E-state index in [4.69, 9.17) is 0 Å². The van der Waals surface area contributed by atoms with Crippen LogP contribution >= 0.6 is 0 Å². The summed E-state index contributed by atoms with van der Waals surface area (Å²) >= 11 is 0. The number of carbonyl (C=O) groups excluding carboxylic acids is 2. The largest absolute Gasteiger partial charge is 0.376 e. The predicted molar refractivity (Wildman–Crippen MR) is 122 cm³/mol. The van der Waals surface area contributed by atoms with Crippen molar-refractivity contribution in [1.82, 2.24) is 5.32 Å². The molecule has 0 atom stereocenters. The maximum atomic E-state index is 12.3. The van der Waals surface area contributed by atoms with Crippen molar-refractivity contribution in [2.24, 2.45) is 0 Å². The van der Waals surface area contributed by atoms with E-state index >= 15 is 0 Å². The Morgan fingerprint density at radius 2 is 1.43 bits per heavy atom. The Hall–Kier alpha value is -3.60. The van der Waals surface area contributed by atoms with Gasteiger partial charge in [-0.15, -0.1) is 0 Å². The van der Waals surface area contributed by atoms with E-state index in [-0.39, 0.29) is 18.4 Å². The number of carbonyl (C=O) groups is 2. The maximum Gasteiger partial charge on any atom is 0.251 e. The van der Waals surface area contributed by atoms with Crippen LogP contribution in [0.5, 0.6) is 0 Å². The molecule has 30 heavy (non-hydrogen) atoms. The highest BCUT2D eigenvalue weighted by Gasteiger charge is 2.07. The third-order valence-electron chi connectivity index (χ3n) is 4.96. The monoisotopic (exact) mass is 401 g/mol. The second kappa shape index (κ2) is 9.74. The molecule has 154 valence electrons. The van der Waals surface area contributed by atoms with Crippen LogP contribution in [0.1, 0.15) is 32.6 Å². The summed E-state index contributed by atoms with van der Waals surface area (Å²) in [6.07, 6.45) is 0. The summed E-state index contributed by atoms with van der Waals surface area (Å²) < 4.78 is 0. The molecule has 0 saturated carbocycles. The number of hydrogen-bond acceptors (Lipinski definition) is 3. The first-order valence-electron chi connectivity index (χ1n) is 9.95. The molecule has 0 aliphatic carbocycles. The Morgan fingerprint density at radius 3 is 2.10 bits per heavy atom. The van der Waals surface area contributed by atoms with Gasteiger partial charge in [-0.05, 0) is 73.9 Å². The predicted octanol–water partition coefficient (Wildman–Crippen LogP) is 4.59. The first-order chi connectivity index (χ1) is 14.4. The van der Waals surface area contributed by atoms with E-state index in [1.54, 1.807) is 24.3 Å². The van der Waals surface area contributed by atoms with Gasteiger partial charge in [-0.1, -0.05) is 35.9 Å². The lowest BCUT2D eigenvalue weighted by atomic mass is 10.1. The second-order valence-corrected chi connectivity index (χ2v) is 7.45. The van der Waals surface area contributed by atoms with Crippen LogP contribution in [0.15, 0.2) is 66.7 Å². The summed E-state index contributed by atoms with van der Waals surface area (Å²) in [5.74, 6) is -0.297. The van der Waals surface area contributed by atoms with Gasteiger partial charge >= 0.3 is 0 Å². The first-order valence-corrected chi connectivity index (χ1v) is 9.95. The average Bonchev–Trinajstić information content (AvgIpc) is 2.74. The van der Waals surface area contributed by atoms with Crippen LogP contribution in [0.25, 0.3) is 0 Å². The van der Waals surface area contributed by atoms with Gasteiger partial charge < -0.3 is 16.0 Å². The molecule has 0 aliphatic heterocycles. The number of hydrogen-bond donors (Lipinski definition) is 3. The van der Waals surface area contributed by atoms with Crippen molar-refractivity contribution in [1.29, 1.82) is 0 Å². The average molecular weight is 402 g/mol. The molecule has 3 aromatic carbocycles. The number of rotatable bonds is 7. The molecule has 0 spiro atoms. The van der Waals surface area contributed by atoms with Crippen LogP contribution < -0.4 is 16.0 Å². The van der Waals surface area contributed by atoms with E-state index < -0.39 is 0 Å². The fraction of sp³-hybridized carbons (Fsp3) is 0.200. The SMILES string of the molecule is Cc1ccc(CNC(=O)c2ccc(NC(=O)CNc3ccc(C)c(C)c3)cc2)cc1. The topological polar surface area (TPSA) is 70.2 Å². The summed E-state index contributed by atoms with van der Waals surface area (Å²) in [5, 5.41) is 8.86. The Bertz CT molecular complexity index is 1030. The molecule has 0 aromatic heterocycles. The Labute approximate surface area is 177 Å². The Balaban J connectivity index is 1.48.